The van der Waals surface area contributed by atoms with Crippen LogP contribution in [0.15, 0.2) is 30.3 Å². The molecule has 2 rings (SSSR count). The van der Waals surface area contributed by atoms with Crippen LogP contribution >= 0.6 is 0 Å². The Morgan fingerprint density at radius 3 is 2.89 bits per heavy atom. The number of nitrogens with zero attached hydrogens (tertiary/aromatic N) is 1. The SMILES string of the molecule is CN1CCCCC1CNC(=O)Oc1ccccc1. The number of piperidine rings is 1. The van der Waals surface area contributed by atoms with Crippen LogP contribution in [0.5, 0.6) is 5.75 Å². The Morgan fingerprint density at radius 1 is 1.39 bits per heavy atom. The van der Waals surface area contributed by atoms with Gasteiger partial charge in [0.15, 0.2) is 0 Å². The number of ether oxygens (including phenoxy) is 1. The van der Waals surface area contributed by atoms with Gasteiger partial charge >= 0.3 is 6.09 Å². The van der Waals surface area contributed by atoms with Crippen molar-refractivity contribution in [2.45, 2.75) is 25.3 Å². The molecule has 1 aromatic rings. The molecule has 1 heterocycles. The summed E-state index contributed by atoms with van der Waals surface area (Å²) in [6.07, 6.45) is 3.26. The van der Waals surface area contributed by atoms with Crippen LogP contribution < -0.4 is 10.1 Å². The van der Waals surface area contributed by atoms with Gasteiger partial charge in [0, 0.05) is 12.6 Å². The summed E-state index contributed by atoms with van der Waals surface area (Å²) in [5.74, 6) is 0.576. The first-order chi connectivity index (χ1) is 8.75. The standard InChI is InChI=1S/C14H20N2O2/c1-16-10-6-5-7-12(16)11-15-14(17)18-13-8-3-2-4-9-13/h2-4,8-9,12H,5-7,10-11H2,1H3,(H,15,17). The van der Waals surface area contributed by atoms with Crippen molar-refractivity contribution in [1.82, 2.24) is 10.2 Å². The zero-order valence-electron chi connectivity index (χ0n) is 10.8. The highest BCUT2D eigenvalue weighted by atomic mass is 16.6. The van der Waals surface area contributed by atoms with Gasteiger partial charge in [0.1, 0.15) is 5.75 Å². The van der Waals surface area contributed by atoms with E-state index < -0.39 is 0 Å². The van der Waals surface area contributed by atoms with Gasteiger partial charge in [-0.2, -0.15) is 0 Å². The molecule has 0 aliphatic carbocycles. The van der Waals surface area contributed by atoms with E-state index in [2.05, 4.69) is 17.3 Å². The smallest absolute Gasteiger partial charge is 0.410 e. The van der Waals surface area contributed by atoms with E-state index in [1.54, 1.807) is 12.1 Å². The lowest BCUT2D eigenvalue weighted by Crippen LogP contribution is -2.45. The Labute approximate surface area is 108 Å². The Bertz CT molecular complexity index is 381. The molecule has 0 spiro atoms. The molecule has 4 nitrogen and oxygen atoms in total. The van der Waals surface area contributed by atoms with Gasteiger partial charge in [-0.1, -0.05) is 24.6 Å². The fourth-order valence-electron chi connectivity index (χ4n) is 2.23. The maximum absolute atomic E-state index is 11.6. The third kappa shape index (κ3) is 3.74. The summed E-state index contributed by atoms with van der Waals surface area (Å²) >= 11 is 0. The van der Waals surface area contributed by atoms with Gasteiger partial charge < -0.3 is 15.0 Å². The average Bonchev–Trinajstić information content (AvgIpc) is 2.39. The summed E-state index contributed by atoms with van der Waals surface area (Å²) in [6.45, 7) is 1.77. The van der Waals surface area contributed by atoms with Crippen LogP contribution in [0.25, 0.3) is 0 Å². The largest absolute Gasteiger partial charge is 0.412 e. The molecule has 1 aliphatic heterocycles. The van der Waals surface area contributed by atoms with Crippen molar-refractivity contribution in [2.75, 3.05) is 20.1 Å². The molecular weight excluding hydrogens is 228 g/mol. The van der Waals surface area contributed by atoms with Gasteiger partial charge in [-0.05, 0) is 38.6 Å². The van der Waals surface area contributed by atoms with Crippen molar-refractivity contribution in [3.05, 3.63) is 30.3 Å². The van der Waals surface area contributed by atoms with Gasteiger partial charge in [-0.25, -0.2) is 4.79 Å². The highest BCUT2D eigenvalue weighted by Crippen LogP contribution is 2.14. The second-order valence-electron chi connectivity index (χ2n) is 4.71. The fourth-order valence-corrected chi connectivity index (χ4v) is 2.23. The van der Waals surface area contributed by atoms with E-state index in [1.165, 1.54) is 12.8 Å². The first kappa shape index (κ1) is 12.9. The molecule has 1 unspecified atom stereocenters. The van der Waals surface area contributed by atoms with Crippen molar-refractivity contribution in [1.29, 1.82) is 0 Å². The van der Waals surface area contributed by atoms with Crippen LogP contribution in [-0.4, -0.2) is 37.2 Å². The lowest BCUT2D eigenvalue weighted by molar-refractivity contribution is 0.169. The number of likely N-dealkylation sites (tertiary alicyclic amines) is 1. The molecule has 1 N–H and O–H groups in total. The average molecular weight is 248 g/mol. The van der Waals surface area contributed by atoms with Gasteiger partial charge in [-0.15, -0.1) is 0 Å². The maximum Gasteiger partial charge on any atom is 0.412 e. The molecule has 1 amide bonds. The van der Waals surface area contributed by atoms with Crippen LogP contribution in [0.2, 0.25) is 0 Å². The predicted molar refractivity (Wildman–Crippen MR) is 70.7 cm³/mol. The van der Waals surface area contributed by atoms with E-state index >= 15 is 0 Å². The molecule has 0 aromatic heterocycles. The zero-order chi connectivity index (χ0) is 12.8. The number of hydrogen-bond donors (Lipinski definition) is 1. The number of likely N-dealkylation sites (N-methyl/N-ethyl adjacent to an activating group) is 1. The second kappa shape index (κ2) is 6.40. The van der Waals surface area contributed by atoms with E-state index in [-0.39, 0.29) is 6.09 Å². The first-order valence-corrected chi connectivity index (χ1v) is 6.46. The molecule has 0 radical (unpaired) electrons. The Morgan fingerprint density at radius 2 is 2.17 bits per heavy atom. The monoisotopic (exact) mass is 248 g/mol. The van der Waals surface area contributed by atoms with E-state index in [9.17, 15) is 4.79 Å². The topological polar surface area (TPSA) is 41.6 Å². The third-order valence-electron chi connectivity index (χ3n) is 3.36. The molecule has 0 bridgehead atoms. The number of benzene rings is 1. The molecule has 18 heavy (non-hydrogen) atoms. The van der Waals surface area contributed by atoms with E-state index in [1.807, 2.05) is 18.2 Å². The van der Waals surface area contributed by atoms with E-state index in [0.29, 0.717) is 18.3 Å². The van der Waals surface area contributed by atoms with Crippen molar-refractivity contribution < 1.29 is 9.53 Å². The summed E-state index contributed by atoms with van der Waals surface area (Å²) in [7, 11) is 2.11. The van der Waals surface area contributed by atoms with Gasteiger partial charge in [0.2, 0.25) is 0 Å². The van der Waals surface area contributed by atoms with E-state index in [4.69, 9.17) is 4.74 Å². The number of carbonyl (C=O) groups is 1. The molecule has 1 aliphatic rings. The van der Waals surface area contributed by atoms with Crippen molar-refractivity contribution in [2.24, 2.45) is 0 Å². The number of para-hydroxylation sites is 1. The lowest BCUT2D eigenvalue weighted by atomic mass is 10.0. The van der Waals surface area contributed by atoms with Crippen LogP contribution in [0.1, 0.15) is 19.3 Å². The number of rotatable bonds is 3. The maximum atomic E-state index is 11.6. The van der Waals surface area contributed by atoms with Crippen LogP contribution in [0.4, 0.5) is 4.79 Å². The highest BCUT2D eigenvalue weighted by Gasteiger charge is 2.19. The van der Waals surface area contributed by atoms with Crippen LogP contribution in [-0.2, 0) is 0 Å². The molecule has 1 saturated heterocycles. The minimum atomic E-state index is -0.375. The molecular formula is C14H20N2O2. The molecule has 0 saturated carbocycles. The quantitative estimate of drug-likeness (QED) is 0.892. The summed E-state index contributed by atoms with van der Waals surface area (Å²) < 4.78 is 5.17. The summed E-state index contributed by atoms with van der Waals surface area (Å²) in [5.41, 5.74) is 0. The molecule has 1 aromatic carbocycles. The number of amides is 1. The van der Waals surface area contributed by atoms with Crippen LogP contribution in [0.3, 0.4) is 0 Å². The highest BCUT2D eigenvalue weighted by molar-refractivity contribution is 5.70. The van der Waals surface area contributed by atoms with Crippen molar-refractivity contribution in [3.63, 3.8) is 0 Å². The first-order valence-electron chi connectivity index (χ1n) is 6.46. The molecule has 98 valence electrons. The molecule has 1 fully saturated rings. The van der Waals surface area contributed by atoms with E-state index in [0.717, 1.165) is 13.0 Å². The Kier molecular flexibility index (Phi) is 4.59. The third-order valence-corrected chi connectivity index (χ3v) is 3.36. The fraction of sp³-hybridized carbons (Fsp3) is 0.500. The Balaban J connectivity index is 1.74. The lowest BCUT2D eigenvalue weighted by Gasteiger charge is -2.32. The summed E-state index contributed by atoms with van der Waals surface area (Å²) in [6, 6.07) is 9.55. The summed E-state index contributed by atoms with van der Waals surface area (Å²) in [5, 5.41) is 2.83. The Hall–Kier alpha value is -1.55. The molecule has 1 atom stereocenters. The van der Waals surface area contributed by atoms with Gasteiger partial charge in [0.25, 0.3) is 0 Å². The predicted octanol–water partition coefficient (Wildman–Crippen LogP) is 2.26. The number of nitrogens with one attached hydrogen (secondary N) is 1. The van der Waals surface area contributed by atoms with Crippen molar-refractivity contribution >= 4 is 6.09 Å². The number of hydrogen-bond acceptors (Lipinski definition) is 3. The minimum Gasteiger partial charge on any atom is -0.410 e. The van der Waals surface area contributed by atoms with Gasteiger partial charge in [-0.3, -0.25) is 0 Å². The van der Waals surface area contributed by atoms with Crippen molar-refractivity contribution in [3.8, 4) is 5.75 Å². The molecule has 4 heteroatoms. The van der Waals surface area contributed by atoms with Gasteiger partial charge in [0.05, 0.1) is 0 Å². The second-order valence-corrected chi connectivity index (χ2v) is 4.71. The zero-order valence-corrected chi connectivity index (χ0v) is 10.8. The number of carbonyl (C=O) groups excluding carboxylic acids is 1. The normalized spacial score (nSPS) is 20.4. The van der Waals surface area contributed by atoms with Crippen LogP contribution in [0, 0.1) is 0 Å². The minimum absolute atomic E-state index is 0.375. The summed E-state index contributed by atoms with van der Waals surface area (Å²) in [4.78, 5) is 13.9.